The molecule has 3 aromatic heterocycles. The minimum absolute atomic E-state index is 0.170. The molecule has 0 saturated heterocycles. The summed E-state index contributed by atoms with van der Waals surface area (Å²) >= 11 is 6.15. The molecule has 1 aliphatic rings. The summed E-state index contributed by atoms with van der Waals surface area (Å²) in [4.78, 5) is 19.7. The molecule has 0 aliphatic heterocycles. The van der Waals surface area contributed by atoms with Crippen LogP contribution in [0, 0.1) is 0 Å². The highest BCUT2D eigenvalue weighted by Gasteiger charge is 2.28. The van der Waals surface area contributed by atoms with Crippen molar-refractivity contribution in [2.75, 3.05) is 0 Å². The van der Waals surface area contributed by atoms with Gasteiger partial charge in [0.1, 0.15) is 5.82 Å². The number of pyridine rings is 2. The minimum atomic E-state index is -2.58. The van der Waals surface area contributed by atoms with E-state index in [9.17, 15) is 8.78 Å². The maximum Gasteiger partial charge on any atom is 0.265 e. The number of aromatic amines is 1. The number of aromatic nitrogens is 4. The predicted molar refractivity (Wildman–Crippen MR) is 156 cm³/mol. The van der Waals surface area contributed by atoms with Gasteiger partial charge in [-0.1, -0.05) is 54.1 Å². The van der Waals surface area contributed by atoms with Crippen LogP contribution in [0.15, 0.2) is 79.1 Å². The van der Waals surface area contributed by atoms with Gasteiger partial charge < -0.3 is 10.3 Å². The summed E-state index contributed by atoms with van der Waals surface area (Å²) in [7, 11) is 0. The number of halogens is 3. The number of fused-ring (bicyclic) bond motifs is 2. The van der Waals surface area contributed by atoms with Gasteiger partial charge in [-0.3, -0.25) is 14.9 Å². The summed E-state index contributed by atoms with van der Waals surface area (Å²) in [5.74, 6) is 0.948. The van der Waals surface area contributed by atoms with Crippen molar-refractivity contribution >= 4 is 22.6 Å². The minimum Gasteiger partial charge on any atom is -0.341 e. The van der Waals surface area contributed by atoms with Gasteiger partial charge in [-0.2, -0.15) is 0 Å². The molecule has 0 fully saturated rings. The van der Waals surface area contributed by atoms with Gasteiger partial charge in [0.2, 0.25) is 0 Å². The molecule has 1 aliphatic carbocycles. The third-order valence-electron chi connectivity index (χ3n) is 7.62. The van der Waals surface area contributed by atoms with Crippen molar-refractivity contribution in [3.8, 4) is 0 Å². The number of hydrogen-bond donors (Lipinski definition) is 2. The second-order valence-corrected chi connectivity index (χ2v) is 10.9. The normalized spacial score (nSPS) is 15.1. The van der Waals surface area contributed by atoms with Crippen molar-refractivity contribution in [3.05, 3.63) is 124 Å². The van der Waals surface area contributed by atoms with Crippen molar-refractivity contribution in [2.24, 2.45) is 0 Å². The van der Waals surface area contributed by atoms with E-state index in [1.165, 1.54) is 29.1 Å². The number of hydrogen-bond acceptors (Lipinski definition) is 5. The highest BCUT2D eigenvalue weighted by molar-refractivity contribution is 6.31. The van der Waals surface area contributed by atoms with E-state index < -0.39 is 6.43 Å². The molecular weight excluding hydrogens is 542 g/mol. The predicted octanol–water partition coefficient (Wildman–Crippen LogP) is 7.31. The number of alkyl halides is 2. The van der Waals surface area contributed by atoms with Crippen molar-refractivity contribution in [2.45, 2.75) is 57.9 Å². The van der Waals surface area contributed by atoms with Crippen LogP contribution in [-0.4, -0.2) is 24.8 Å². The maximum absolute atomic E-state index is 12.9. The molecule has 41 heavy (non-hydrogen) atoms. The zero-order valence-electron chi connectivity index (χ0n) is 22.5. The molecule has 3 heterocycles. The molecule has 210 valence electrons. The highest BCUT2D eigenvalue weighted by Crippen LogP contribution is 2.35. The largest absolute Gasteiger partial charge is 0.341 e. The molecule has 0 spiro atoms. The lowest BCUT2D eigenvalue weighted by atomic mass is 9.90. The Kier molecular flexibility index (Phi) is 8.32. The van der Waals surface area contributed by atoms with Crippen LogP contribution in [0.3, 0.4) is 0 Å². The Morgan fingerprint density at radius 2 is 1.80 bits per heavy atom. The molecule has 5 aromatic rings. The zero-order valence-corrected chi connectivity index (χ0v) is 23.3. The number of aryl methyl sites for hydroxylation is 1. The molecule has 1 unspecified atom stereocenters. The topological polar surface area (TPSA) is 69.7 Å². The monoisotopic (exact) mass is 572 g/mol. The van der Waals surface area contributed by atoms with Gasteiger partial charge in [-0.05, 0) is 60.2 Å². The lowest BCUT2D eigenvalue weighted by molar-refractivity contribution is 0.151. The highest BCUT2D eigenvalue weighted by atomic mass is 35.5. The van der Waals surface area contributed by atoms with E-state index in [1.54, 1.807) is 0 Å². The van der Waals surface area contributed by atoms with Crippen molar-refractivity contribution in [3.63, 3.8) is 0 Å². The Hall–Kier alpha value is -3.72. The first-order valence-electron chi connectivity index (χ1n) is 13.9. The number of nitrogens with zero attached hydrogens (tertiary/aromatic N) is 4. The molecule has 2 N–H and O–H groups in total. The summed E-state index contributed by atoms with van der Waals surface area (Å²) in [6.07, 6.45) is 3.75. The molecule has 6 rings (SSSR count). The van der Waals surface area contributed by atoms with Gasteiger partial charge in [0.15, 0.2) is 0 Å². The Morgan fingerprint density at radius 3 is 2.61 bits per heavy atom. The molecular formula is C32H31ClF2N6. The average Bonchev–Trinajstić information content (AvgIpc) is 3.40. The van der Waals surface area contributed by atoms with Crippen LogP contribution in [0.4, 0.5) is 8.78 Å². The average molecular weight is 573 g/mol. The van der Waals surface area contributed by atoms with E-state index in [0.29, 0.717) is 25.3 Å². The van der Waals surface area contributed by atoms with Crippen LogP contribution in [0.1, 0.15) is 64.8 Å². The number of imidazole rings is 1. The summed E-state index contributed by atoms with van der Waals surface area (Å²) in [5.41, 5.74) is 7.22. The molecule has 9 heteroatoms. The molecule has 6 nitrogen and oxygen atoms in total. The Balaban J connectivity index is 1.15. The van der Waals surface area contributed by atoms with Crippen LogP contribution in [0.2, 0.25) is 5.02 Å². The number of para-hydroxylation sites is 2. The van der Waals surface area contributed by atoms with Gasteiger partial charge in [-0.25, -0.2) is 13.8 Å². The SMILES string of the molecule is FC(F)c1cnc(CNCc2ccc(CN(Cc3nc4ccccc4[nH]3)C3CCCc4cccnc43)cc2)c(Cl)c1. The Bertz CT molecular complexity index is 1590. The fourth-order valence-corrected chi connectivity index (χ4v) is 5.78. The summed E-state index contributed by atoms with van der Waals surface area (Å²) in [6, 6.07) is 22.4. The number of H-pyrrole nitrogens is 1. The van der Waals surface area contributed by atoms with Crippen molar-refractivity contribution in [1.82, 2.24) is 30.2 Å². The lowest BCUT2D eigenvalue weighted by Gasteiger charge is -2.34. The molecule has 0 radical (unpaired) electrons. The van der Waals surface area contributed by atoms with E-state index in [1.807, 2.05) is 30.5 Å². The van der Waals surface area contributed by atoms with Gasteiger partial charge in [0.05, 0.1) is 40.0 Å². The second-order valence-electron chi connectivity index (χ2n) is 10.5. The maximum atomic E-state index is 12.9. The number of benzene rings is 2. The van der Waals surface area contributed by atoms with Crippen LogP contribution in [0.5, 0.6) is 0 Å². The third-order valence-corrected chi connectivity index (χ3v) is 7.95. The first kappa shape index (κ1) is 27.4. The molecule has 0 bridgehead atoms. The summed E-state index contributed by atoms with van der Waals surface area (Å²) in [5, 5.41) is 3.55. The van der Waals surface area contributed by atoms with E-state index in [2.05, 4.69) is 56.6 Å². The van der Waals surface area contributed by atoms with Gasteiger partial charge in [-0.15, -0.1) is 0 Å². The van der Waals surface area contributed by atoms with Crippen LogP contribution in [-0.2, 0) is 32.6 Å². The molecule has 0 amide bonds. The van der Waals surface area contributed by atoms with E-state index in [4.69, 9.17) is 21.6 Å². The number of nitrogens with one attached hydrogen (secondary N) is 2. The van der Waals surface area contributed by atoms with Gasteiger partial charge in [0.25, 0.3) is 6.43 Å². The molecule has 2 aromatic carbocycles. The zero-order chi connectivity index (χ0) is 28.2. The van der Waals surface area contributed by atoms with E-state index in [0.717, 1.165) is 48.2 Å². The Morgan fingerprint density at radius 1 is 0.976 bits per heavy atom. The van der Waals surface area contributed by atoms with Crippen LogP contribution in [0.25, 0.3) is 11.0 Å². The quantitative estimate of drug-likeness (QED) is 0.184. The van der Waals surface area contributed by atoms with E-state index >= 15 is 0 Å². The first-order chi connectivity index (χ1) is 20.0. The third kappa shape index (κ3) is 6.45. The van der Waals surface area contributed by atoms with E-state index in [-0.39, 0.29) is 16.6 Å². The van der Waals surface area contributed by atoms with Gasteiger partial charge in [0, 0.05) is 37.6 Å². The van der Waals surface area contributed by atoms with Crippen molar-refractivity contribution < 1.29 is 8.78 Å². The molecule has 0 saturated carbocycles. The second kappa shape index (κ2) is 12.4. The van der Waals surface area contributed by atoms with Crippen LogP contribution < -0.4 is 5.32 Å². The number of rotatable bonds is 10. The smallest absolute Gasteiger partial charge is 0.265 e. The van der Waals surface area contributed by atoms with Gasteiger partial charge >= 0.3 is 0 Å². The lowest BCUT2D eigenvalue weighted by Crippen LogP contribution is -2.31. The van der Waals surface area contributed by atoms with Crippen molar-refractivity contribution in [1.29, 1.82) is 0 Å². The first-order valence-corrected chi connectivity index (χ1v) is 14.2. The Labute approximate surface area is 242 Å². The summed E-state index contributed by atoms with van der Waals surface area (Å²) < 4.78 is 25.7. The standard InChI is InChI=1S/C32H31ClF2N6/c33-25-15-24(32(34)35)17-38-28(25)18-36-16-21-10-12-22(13-11-21)19-41(20-30-39-26-7-1-2-8-27(26)40-30)29-9-3-5-23-6-4-14-37-31(23)29/h1-2,4,6-8,10-15,17,29,32,36H,3,5,9,16,18-20H2,(H,39,40). The fraction of sp³-hybridized carbons (Fsp3) is 0.281. The fourth-order valence-electron chi connectivity index (χ4n) is 5.54. The molecule has 1 atom stereocenters. The summed E-state index contributed by atoms with van der Waals surface area (Å²) in [6.45, 7) is 2.46. The van der Waals surface area contributed by atoms with Crippen LogP contribution >= 0.6 is 11.6 Å².